The van der Waals surface area contributed by atoms with Crippen LogP contribution in [0.1, 0.15) is 39.3 Å². The third-order valence-corrected chi connectivity index (χ3v) is 14.5. The minimum atomic E-state index is -2.56. The van der Waals surface area contributed by atoms with E-state index in [1.165, 1.54) is 15.9 Å². The van der Waals surface area contributed by atoms with Crippen LogP contribution in [0, 0.1) is 0 Å². The van der Waals surface area contributed by atoms with Gasteiger partial charge in [0.15, 0.2) is 0 Å². The molecule has 4 nitrogen and oxygen atoms in total. The number of rotatable bonds is 7. The molecule has 1 atom stereocenters. The first kappa shape index (κ1) is 28.8. The number of pyridine rings is 1. The van der Waals surface area contributed by atoms with Gasteiger partial charge in [0.05, 0.1) is 6.10 Å². The summed E-state index contributed by atoms with van der Waals surface area (Å²) < 4.78 is 8.24. The number of benzene rings is 4. The molecule has 0 bridgehead atoms. The van der Waals surface area contributed by atoms with Gasteiger partial charge in [0.2, 0.25) is 0 Å². The molecular formula is C36H37BrN2O2Si. The molecule has 6 rings (SSSR count). The van der Waals surface area contributed by atoms with E-state index in [-0.39, 0.29) is 22.7 Å². The number of H-pyrrole nitrogens is 1. The van der Waals surface area contributed by atoms with Gasteiger partial charge in [0.1, 0.15) is 0 Å². The third-order valence-electron chi connectivity index (χ3n) is 8.72. The maximum atomic E-state index is 12.7. The summed E-state index contributed by atoms with van der Waals surface area (Å²) in [6.07, 6.45) is 0.180. The van der Waals surface area contributed by atoms with E-state index >= 15 is 0 Å². The highest BCUT2D eigenvalue weighted by atomic mass is 79.9. The number of nitrogens with zero attached hydrogens (tertiary/aromatic N) is 1. The summed E-state index contributed by atoms with van der Waals surface area (Å²) in [5.74, 6) is 0. The number of hydrogen-bond acceptors (Lipinski definition) is 3. The zero-order valence-corrected chi connectivity index (χ0v) is 27.2. The van der Waals surface area contributed by atoms with Crippen molar-refractivity contribution < 1.29 is 4.43 Å². The third kappa shape index (κ3) is 5.22. The molecule has 0 aliphatic carbocycles. The minimum Gasteiger partial charge on any atom is -0.402 e. The van der Waals surface area contributed by atoms with E-state index in [1.807, 2.05) is 24.3 Å². The summed E-state index contributed by atoms with van der Waals surface area (Å²) in [5.41, 5.74) is 3.00. The summed E-state index contributed by atoms with van der Waals surface area (Å²) in [4.78, 5) is 18.3. The van der Waals surface area contributed by atoms with Crippen LogP contribution in [-0.4, -0.2) is 37.4 Å². The normalized spacial score (nSPS) is 15.5. The van der Waals surface area contributed by atoms with Crippen molar-refractivity contribution in [2.45, 2.75) is 44.9 Å². The van der Waals surface area contributed by atoms with Crippen LogP contribution >= 0.6 is 15.9 Å². The lowest BCUT2D eigenvalue weighted by molar-refractivity contribution is -0.0110. The summed E-state index contributed by atoms with van der Waals surface area (Å²) >= 11 is 3.59. The van der Waals surface area contributed by atoms with Crippen molar-refractivity contribution in [3.05, 3.63) is 130 Å². The fourth-order valence-electron chi connectivity index (χ4n) is 6.36. The molecule has 0 radical (unpaired) electrons. The zero-order chi connectivity index (χ0) is 29.5. The van der Waals surface area contributed by atoms with Crippen molar-refractivity contribution in [2.75, 3.05) is 13.1 Å². The van der Waals surface area contributed by atoms with Crippen LogP contribution in [0.15, 0.2) is 118 Å². The average Bonchev–Trinajstić information content (AvgIpc) is 2.97. The van der Waals surface area contributed by atoms with Crippen LogP contribution in [0.3, 0.4) is 0 Å². The molecule has 1 unspecified atom stereocenters. The molecule has 4 aromatic carbocycles. The summed E-state index contributed by atoms with van der Waals surface area (Å²) in [6, 6.07) is 38.3. The minimum absolute atomic E-state index is 0.0309. The fourth-order valence-corrected chi connectivity index (χ4v) is 11.5. The first-order chi connectivity index (χ1) is 20.2. The molecule has 0 saturated carbocycles. The molecule has 0 spiro atoms. The van der Waals surface area contributed by atoms with Crippen molar-refractivity contribution in [2.24, 2.45) is 0 Å². The molecule has 1 aliphatic rings. The molecule has 2 heterocycles. The number of halogens is 1. The van der Waals surface area contributed by atoms with E-state index in [1.54, 1.807) is 0 Å². The van der Waals surface area contributed by atoms with Gasteiger partial charge in [-0.05, 0) is 51.7 Å². The number of nitrogens with one attached hydrogen (secondary N) is 1. The van der Waals surface area contributed by atoms with Gasteiger partial charge in [-0.3, -0.25) is 9.69 Å². The molecule has 1 aliphatic heterocycles. The van der Waals surface area contributed by atoms with Crippen molar-refractivity contribution in [1.82, 2.24) is 9.88 Å². The van der Waals surface area contributed by atoms with E-state index in [4.69, 9.17) is 4.43 Å². The lowest BCUT2D eigenvalue weighted by Crippen LogP contribution is -2.70. The van der Waals surface area contributed by atoms with Gasteiger partial charge in [0, 0.05) is 40.1 Å². The van der Waals surface area contributed by atoms with Crippen LogP contribution in [0.4, 0.5) is 0 Å². The summed E-state index contributed by atoms with van der Waals surface area (Å²) in [5, 5.41) is 4.22. The highest BCUT2D eigenvalue weighted by molar-refractivity contribution is 9.10. The fraction of sp³-hybridized carbons (Fsp3) is 0.250. The highest BCUT2D eigenvalue weighted by Gasteiger charge is 2.52. The predicted octanol–water partition coefficient (Wildman–Crippen LogP) is 7.28. The lowest BCUT2D eigenvalue weighted by atomic mass is 9.99. The van der Waals surface area contributed by atoms with Crippen LogP contribution in [0.2, 0.25) is 5.04 Å². The largest absolute Gasteiger partial charge is 0.402 e. The molecule has 5 aromatic rings. The Morgan fingerprint density at radius 1 is 0.833 bits per heavy atom. The highest BCUT2D eigenvalue weighted by Crippen LogP contribution is 2.39. The molecule has 1 N–H and O–H groups in total. The van der Waals surface area contributed by atoms with Gasteiger partial charge in [-0.2, -0.15) is 0 Å². The Bertz CT molecular complexity index is 1700. The van der Waals surface area contributed by atoms with Crippen LogP contribution in [0.25, 0.3) is 22.0 Å². The molecule has 214 valence electrons. The first-order valence-corrected chi connectivity index (χ1v) is 17.3. The van der Waals surface area contributed by atoms with Crippen LogP contribution < -0.4 is 15.9 Å². The number of aromatic amines is 1. The van der Waals surface area contributed by atoms with E-state index in [2.05, 4.69) is 138 Å². The maximum absolute atomic E-state index is 12.7. The van der Waals surface area contributed by atoms with Gasteiger partial charge in [-0.25, -0.2) is 0 Å². The summed E-state index contributed by atoms with van der Waals surface area (Å²) in [6.45, 7) is 11.1. The lowest BCUT2D eigenvalue weighted by Gasteiger charge is -2.51. The monoisotopic (exact) mass is 636 g/mol. The standard InChI is InChI=1S/C36H37BrN2O2Si/c1-25(26-18-20-27(21-19-26)34-22-32-31(35(40)38-34)16-11-17-33(32)37)39-23-28(24-39)41-42(36(2,3)4,29-12-7-5-8-13-29)30-14-9-6-10-15-30/h5-22,25,28H,23-24H2,1-4H3,(H,38,40). The van der Waals surface area contributed by atoms with E-state index < -0.39 is 8.32 Å². The van der Waals surface area contributed by atoms with E-state index in [9.17, 15) is 4.79 Å². The summed E-state index contributed by atoms with van der Waals surface area (Å²) in [7, 11) is -2.56. The van der Waals surface area contributed by atoms with E-state index in [0.717, 1.165) is 34.2 Å². The Labute approximate surface area is 257 Å². The Kier molecular flexibility index (Phi) is 7.83. The second kappa shape index (κ2) is 11.4. The molecule has 42 heavy (non-hydrogen) atoms. The van der Waals surface area contributed by atoms with Gasteiger partial charge < -0.3 is 9.41 Å². The van der Waals surface area contributed by atoms with Gasteiger partial charge in [-0.1, -0.05) is 128 Å². The van der Waals surface area contributed by atoms with Gasteiger partial charge in [0.25, 0.3) is 13.9 Å². The quantitative estimate of drug-likeness (QED) is 0.191. The molecule has 1 saturated heterocycles. The Morgan fingerprint density at radius 2 is 1.43 bits per heavy atom. The maximum Gasteiger partial charge on any atom is 0.261 e. The zero-order valence-electron chi connectivity index (χ0n) is 24.6. The predicted molar refractivity (Wildman–Crippen MR) is 180 cm³/mol. The second-order valence-electron chi connectivity index (χ2n) is 12.4. The molecule has 6 heteroatoms. The van der Waals surface area contributed by atoms with Crippen molar-refractivity contribution in [3.63, 3.8) is 0 Å². The molecule has 1 fully saturated rings. The first-order valence-electron chi connectivity index (χ1n) is 14.6. The van der Waals surface area contributed by atoms with Gasteiger partial charge in [-0.15, -0.1) is 0 Å². The van der Waals surface area contributed by atoms with Crippen LogP contribution in [0.5, 0.6) is 0 Å². The number of fused-ring (bicyclic) bond motifs is 1. The van der Waals surface area contributed by atoms with E-state index in [0.29, 0.717) is 5.39 Å². The molecule has 1 aromatic heterocycles. The van der Waals surface area contributed by atoms with Crippen molar-refractivity contribution >= 4 is 45.4 Å². The Hall–Kier alpha value is -3.29. The second-order valence-corrected chi connectivity index (χ2v) is 17.5. The average molecular weight is 638 g/mol. The number of likely N-dealkylation sites (tertiary alicyclic amines) is 1. The SMILES string of the molecule is CC(c1ccc(-c2cc3c(Br)cccc3c(=O)[nH]2)cc1)N1CC(O[Si](c2ccccc2)(c2ccccc2)C(C)(C)C)C1. The van der Waals surface area contributed by atoms with Crippen molar-refractivity contribution in [1.29, 1.82) is 0 Å². The van der Waals surface area contributed by atoms with Crippen molar-refractivity contribution in [3.8, 4) is 11.3 Å². The Balaban J connectivity index is 1.20. The molecule has 0 amide bonds. The molecular weight excluding hydrogens is 600 g/mol. The van der Waals surface area contributed by atoms with Crippen LogP contribution in [-0.2, 0) is 4.43 Å². The topological polar surface area (TPSA) is 45.3 Å². The Morgan fingerprint density at radius 3 is 2.00 bits per heavy atom. The smallest absolute Gasteiger partial charge is 0.261 e. The number of hydrogen-bond donors (Lipinski definition) is 1. The number of aromatic nitrogens is 1. The van der Waals surface area contributed by atoms with Gasteiger partial charge >= 0.3 is 0 Å².